The first-order chi connectivity index (χ1) is 20.1. The van der Waals surface area contributed by atoms with Gasteiger partial charge in [-0.05, 0) is 42.5 Å². The molecule has 0 bridgehead atoms. The Morgan fingerprint density at radius 2 is 1.48 bits per heavy atom. The van der Waals surface area contributed by atoms with Gasteiger partial charge >= 0.3 is 0 Å². The van der Waals surface area contributed by atoms with Crippen molar-refractivity contribution in [2.45, 2.75) is 52.6 Å². The van der Waals surface area contributed by atoms with Crippen LogP contribution in [0.25, 0.3) is 0 Å². The summed E-state index contributed by atoms with van der Waals surface area (Å²) in [6.45, 7) is 7.13. The number of benzene rings is 3. The molecule has 0 heterocycles. The monoisotopic (exact) mass is 593 g/mol. The lowest BCUT2D eigenvalue weighted by molar-refractivity contribution is -0.141. The lowest BCUT2D eigenvalue weighted by atomic mass is 10.0. The Morgan fingerprint density at radius 3 is 2.07 bits per heavy atom. The van der Waals surface area contributed by atoms with Crippen LogP contribution in [0.2, 0.25) is 0 Å². The molecule has 0 saturated heterocycles. The van der Waals surface area contributed by atoms with Gasteiger partial charge in [0.25, 0.3) is 0 Å². The molecular weight excluding hydrogens is 550 g/mol. The number of nitrogens with zero attached hydrogens (tertiary/aromatic N) is 2. The zero-order valence-electron chi connectivity index (χ0n) is 25.0. The number of hydrogen-bond donors (Lipinski definition) is 1. The van der Waals surface area contributed by atoms with Crippen LogP contribution < -0.4 is 14.4 Å². The predicted molar refractivity (Wildman–Crippen MR) is 168 cm³/mol. The summed E-state index contributed by atoms with van der Waals surface area (Å²) in [7, 11) is -3.65. The molecule has 2 amide bonds. The Bertz CT molecular complexity index is 1380. The van der Waals surface area contributed by atoms with E-state index in [0.717, 1.165) is 17.4 Å². The van der Waals surface area contributed by atoms with E-state index in [0.29, 0.717) is 31.0 Å². The molecule has 0 aliphatic heterocycles. The van der Waals surface area contributed by atoms with Crippen LogP contribution in [-0.2, 0) is 32.6 Å². The van der Waals surface area contributed by atoms with Crippen molar-refractivity contribution in [3.63, 3.8) is 0 Å². The fourth-order valence-corrected chi connectivity index (χ4v) is 5.65. The van der Waals surface area contributed by atoms with Crippen LogP contribution in [0.3, 0.4) is 0 Å². The molecule has 0 radical (unpaired) electrons. The lowest BCUT2D eigenvalue weighted by Gasteiger charge is -2.32. The molecule has 42 heavy (non-hydrogen) atoms. The first-order valence-corrected chi connectivity index (χ1v) is 16.3. The maximum absolute atomic E-state index is 13.9. The summed E-state index contributed by atoms with van der Waals surface area (Å²) in [6.07, 6.45) is 1.84. The van der Waals surface area contributed by atoms with Gasteiger partial charge < -0.3 is 15.0 Å². The van der Waals surface area contributed by atoms with Crippen LogP contribution in [0.1, 0.15) is 44.7 Å². The molecule has 0 aliphatic rings. The standard InChI is InChI=1S/C33H43N3O5S/c1-5-41-31-20-13-12-19-29(31)36(42(4,39)40)22-14-21-32(37)35(25-28-17-10-7-11-18-28)30(33(38)34-24-26(2)3)23-27-15-8-6-9-16-27/h6-13,15-20,26,30H,5,14,21-25H2,1-4H3,(H,34,38)/t30-/m1/s1. The van der Waals surface area contributed by atoms with E-state index in [-0.39, 0.29) is 43.7 Å². The molecule has 1 N–H and O–H groups in total. The molecule has 3 aromatic rings. The highest BCUT2D eigenvalue weighted by atomic mass is 32.2. The minimum Gasteiger partial charge on any atom is -0.492 e. The van der Waals surface area contributed by atoms with E-state index in [1.165, 1.54) is 4.31 Å². The second-order valence-electron chi connectivity index (χ2n) is 10.7. The van der Waals surface area contributed by atoms with Crippen LogP contribution in [0.5, 0.6) is 5.75 Å². The minimum atomic E-state index is -3.65. The molecule has 0 aromatic heterocycles. The summed E-state index contributed by atoms with van der Waals surface area (Å²) >= 11 is 0. The van der Waals surface area contributed by atoms with Gasteiger partial charge in [-0.15, -0.1) is 0 Å². The van der Waals surface area contributed by atoms with E-state index in [4.69, 9.17) is 4.74 Å². The van der Waals surface area contributed by atoms with Crippen molar-refractivity contribution < 1.29 is 22.7 Å². The summed E-state index contributed by atoms with van der Waals surface area (Å²) in [4.78, 5) is 29.1. The zero-order valence-corrected chi connectivity index (χ0v) is 25.8. The second-order valence-corrected chi connectivity index (χ2v) is 12.6. The molecule has 3 rings (SSSR count). The van der Waals surface area contributed by atoms with Gasteiger partial charge in [0.05, 0.1) is 18.6 Å². The normalized spacial score (nSPS) is 12.0. The third-order valence-corrected chi connectivity index (χ3v) is 7.92. The molecule has 9 heteroatoms. The summed E-state index contributed by atoms with van der Waals surface area (Å²) < 4.78 is 32.5. The molecule has 226 valence electrons. The van der Waals surface area contributed by atoms with Gasteiger partial charge in [0.2, 0.25) is 21.8 Å². The van der Waals surface area contributed by atoms with E-state index in [1.807, 2.05) is 81.4 Å². The molecule has 3 aromatic carbocycles. The Hall–Kier alpha value is -3.85. The number of nitrogens with one attached hydrogen (secondary N) is 1. The highest BCUT2D eigenvalue weighted by Crippen LogP contribution is 2.30. The number of rotatable bonds is 16. The van der Waals surface area contributed by atoms with Gasteiger partial charge in [-0.25, -0.2) is 8.42 Å². The van der Waals surface area contributed by atoms with Crippen molar-refractivity contribution in [3.8, 4) is 5.75 Å². The highest BCUT2D eigenvalue weighted by Gasteiger charge is 2.30. The van der Waals surface area contributed by atoms with Crippen molar-refractivity contribution in [1.29, 1.82) is 0 Å². The van der Waals surface area contributed by atoms with E-state index >= 15 is 0 Å². The zero-order chi connectivity index (χ0) is 30.5. The quantitative estimate of drug-likeness (QED) is 0.251. The largest absolute Gasteiger partial charge is 0.492 e. The average molecular weight is 594 g/mol. The Morgan fingerprint density at radius 1 is 0.881 bits per heavy atom. The van der Waals surface area contributed by atoms with Gasteiger partial charge in [0, 0.05) is 32.5 Å². The fraction of sp³-hybridized carbons (Fsp3) is 0.394. The topological polar surface area (TPSA) is 96.0 Å². The number of anilines is 1. The third-order valence-electron chi connectivity index (χ3n) is 6.74. The number of carbonyl (C=O) groups is 2. The Balaban J connectivity index is 1.87. The minimum absolute atomic E-state index is 0.0679. The van der Waals surface area contributed by atoms with E-state index in [1.54, 1.807) is 29.2 Å². The molecule has 0 spiro atoms. The first-order valence-electron chi connectivity index (χ1n) is 14.4. The summed E-state index contributed by atoms with van der Waals surface area (Å²) in [5, 5.41) is 3.02. The molecule has 0 aliphatic carbocycles. The van der Waals surface area contributed by atoms with Gasteiger partial charge in [0.15, 0.2) is 0 Å². The first kappa shape index (κ1) is 32.7. The van der Waals surface area contributed by atoms with Gasteiger partial charge in [-0.2, -0.15) is 0 Å². The molecular formula is C33H43N3O5S. The number of para-hydroxylation sites is 2. The maximum atomic E-state index is 13.9. The van der Waals surface area contributed by atoms with Crippen molar-refractivity contribution in [2.75, 3.05) is 30.3 Å². The number of sulfonamides is 1. The molecule has 0 unspecified atom stereocenters. The third kappa shape index (κ3) is 9.91. The van der Waals surface area contributed by atoms with Gasteiger partial charge in [0.1, 0.15) is 11.8 Å². The number of ether oxygens (including phenoxy) is 1. The van der Waals surface area contributed by atoms with Crippen LogP contribution in [0, 0.1) is 5.92 Å². The average Bonchev–Trinajstić information content (AvgIpc) is 2.97. The molecule has 0 fully saturated rings. The summed E-state index contributed by atoms with van der Waals surface area (Å²) in [5.74, 6) is 0.296. The predicted octanol–water partition coefficient (Wildman–Crippen LogP) is 5.04. The maximum Gasteiger partial charge on any atom is 0.243 e. The van der Waals surface area contributed by atoms with E-state index < -0.39 is 16.1 Å². The number of amides is 2. The molecule has 1 atom stereocenters. The Kier molecular flexibility index (Phi) is 12.4. The van der Waals surface area contributed by atoms with Crippen LogP contribution in [-0.4, -0.2) is 57.1 Å². The lowest BCUT2D eigenvalue weighted by Crippen LogP contribution is -2.51. The van der Waals surface area contributed by atoms with Crippen molar-refractivity contribution >= 4 is 27.5 Å². The summed E-state index contributed by atoms with van der Waals surface area (Å²) in [5.41, 5.74) is 2.29. The smallest absolute Gasteiger partial charge is 0.243 e. The van der Waals surface area contributed by atoms with Crippen molar-refractivity contribution in [1.82, 2.24) is 10.2 Å². The van der Waals surface area contributed by atoms with Gasteiger partial charge in [-0.1, -0.05) is 86.6 Å². The number of carbonyl (C=O) groups excluding carboxylic acids is 2. The molecule has 8 nitrogen and oxygen atoms in total. The second kappa shape index (κ2) is 16.0. The SMILES string of the molecule is CCOc1ccccc1N(CCCC(=O)N(Cc1ccccc1)[C@H](Cc1ccccc1)C(=O)NCC(C)C)S(C)(=O)=O. The Labute approximate surface area is 250 Å². The fourth-order valence-electron chi connectivity index (χ4n) is 4.68. The van der Waals surface area contributed by atoms with Crippen molar-refractivity contribution in [3.05, 3.63) is 96.1 Å². The van der Waals surface area contributed by atoms with Crippen LogP contribution in [0.4, 0.5) is 5.69 Å². The molecule has 0 saturated carbocycles. The van der Waals surface area contributed by atoms with Crippen LogP contribution in [0.15, 0.2) is 84.9 Å². The van der Waals surface area contributed by atoms with E-state index in [2.05, 4.69) is 5.32 Å². The number of hydrogen-bond acceptors (Lipinski definition) is 5. The van der Waals surface area contributed by atoms with E-state index in [9.17, 15) is 18.0 Å². The van der Waals surface area contributed by atoms with Gasteiger partial charge in [-0.3, -0.25) is 13.9 Å². The van der Waals surface area contributed by atoms with Crippen molar-refractivity contribution in [2.24, 2.45) is 5.92 Å². The van der Waals surface area contributed by atoms with Crippen LogP contribution >= 0.6 is 0 Å². The summed E-state index contributed by atoms with van der Waals surface area (Å²) in [6, 6.07) is 25.5. The highest BCUT2D eigenvalue weighted by molar-refractivity contribution is 7.92.